The summed E-state index contributed by atoms with van der Waals surface area (Å²) in [7, 11) is 1.97. The summed E-state index contributed by atoms with van der Waals surface area (Å²) in [5, 5.41) is 9.26. The number of benzene rings is 1. The Labute approximate surface area is 187 Å². The quantitative estimate of drug-likeness (QED) is 0.279. The fourth-order valence-corrected chi connectivity index (χ4v) is 4.33. The van der Waals surface area contributed by atoms with Crippen LogP contribution in [0.15, 0.2) is 38.7 Å². The van der Waals surface area contributed by atoms with Crippen molar-refractivity contribution in [3.8, 4) is 6.07 Å². The van der Waals surface area contributed by atoms with Crippen LogP contribution in [-0.4, -0.2) is 46.8 Å². The molecule has 1 aromatic carbocycles. The third-order valence-electron chi connectivity index (χ3n) is 5.33. The van der Waals surface area contributed by atoms with Crippen molar-refractivity contribution in [1.82, 2.24) is 9.80 Å². The Kier molecular flexibility index (Phi) is 8.86. The lowest BCUT2D eigenvalue weighted by Gasteiger charge is -2.35. The minimum absolute atomic E-state index is 0.232. The van der Waals surface area contributed by atoms with E-state index in [4.69, 9.17) is 18.0 Å². The average Bonchev–Trinajstić information content (AvgIpc) is 2.71. The first kappa shape index (κ1) is 22.8. The number of likely N-dealkylation sites (N-methyl/N-ethyl adjacent to an activating group) is 1. The molecular formula is C21H28IN5S. The van der Waals surface area contributed by atoms with Gasteiger partial charge in [0.25, 0.3) is 0 Å². The maximum Gasteiger partial charge on any atom is 0.144 e. The number of hydrogen-bond donors (Lipinski definition) is 1. The number of allylic oxidation sites excluding steroid dienone is 1. The molecule has 1 aliphatic heterocycles. The van der Waals surface area contributed by atoms with Gasteiger partial charge in [-0.1, -0.05) is 30.4 Å². The highest BCUT2D eigenvalue weighted by atomic mass is 127. The summed E-state index contributed by atoms with van der Waals surface area (Å²) in [6.07, 6.45) is 3.64. The van der Waals surface area contributed by atoms with Crippen molar-refractivity contribution in [3.05, 3.63) is 46.7 Å². The Morgan fingerprint density at radius 1 is 1.43 bits per heavy atom. The van der Waals surface area contributed by atoms with E-state index in [1.807, 2.05) is 59.1 Å². The molecule has 1 saturated heterocycles. The van der Waals surface area contributed by atoms with E-state index in [-0.39, 0.29) is 6.04 Å². The van der Waals surface area contributed by atoms with Crippen molar-refractivity contribution in [2.75, 3.05) is 20.1 Å². The van der Waals surface area contributed by atoms with Crippen LogP contribution in [0.1, 0.15) is 44.2 Å². The Bertz CT molecular complexity index is 811. The smallest absolute Gasteiger partial charge is 0.144 e. The number of hydrogen-bond acceptors (Lipinski definition) is 5. The minimum Gasteiger partial charge on any atom is -0.373 e. The van der Waals surface area contributed by atoms with Crippen LogP contribution in [0.2, 0.25) is 0 Å². The van der Waals surface area contributed by atoms with E-state index < -0.39 is 0 Å². The molecule has 1 atom stereocenters. The van der Waals surface area contributed by atoms with Crippen LogP contribution in [0.25, 0.3) is 0 Å². The zero-order valence-corrected chi connectivity index (χ0v) is 19.8. The highest BCUT2D eigenvalue weighted by Gasteiger charge is 2.21. The lowest BCUT2D eigenvalue weighted by molar-refractivity contribution is 0.259. The summed E-state index contributed by atoms with van der Waals surface area (Å²) in [5.74, 6) is 0.871. The van der Waals surface area contributed by atoms with Crippen molar-refractivity contribution < 1.29 is 0 Å². The predicted molar refractivity (Wildman–Crippen MR) is 128 cm³/mol. The molecule has 0 bridgehead atoms. The molecule has 0 radical (unpaired) electrons. The van der Waals surface area contributed by atoms with E-state index in [2.05, 4.69) is 28.0 Å². The molecule has 2 N–H and O–H groups in total. The number of likely N-dealkylation sites (tertiary alicyclic amines) is 1. The van der Waals surface area contributed by atoms with Gasteiger partial charge in [0.1, 0.15) is 5.84 Å². The van der Waals surface area contributed by atoms with Crippen LogP contribution in [-0.2, 0) is 6.42 Å². The van der Waals surface area contributed by atoms with Gasteiger partial charge in [-0.2, -0.15) is 8.47 Å². The van der Waals surface area contributed by atoms with Gasteiger partial charge in [0, 0.05) is 43.9 Å². The lowest BCUT2D eigenvalue weighted by atomic mass is 10.0. The number of nitrogens with two attached hydrogens (primary N) is 1. The monoisotopic (exact) mass is 509 g/mol. The number of piperidine rings is 1. The Balaban J connectivity index is 2.09. The van der Waals surface area contributed by atoms with Crippen LogP contribution in [0.3, 0.4) is 0 Å². The van der Waals surface area contributed by atoms with Gasteiger partial charge in [-0.25, -0.2) is 0 Å². The van der Waals surface area contributed by atoms with Crippen molar-refractivity contribution in [2.45, 2.75) is 45.6 Å². The molecule has 1 heterocycles. The first-order chi connectivity index (χ1) is 13.4. The summed E-state index contributed by atoms with van der Waals surface area (Å²) in [4.78, 5) is 5.15. The van der Waals surface area contributed by atoms with E-state index in [1.165, 1.54) is 5.70 Å². The van der Waals surface area contributed by atoms with Gasteiger partial charge in [0.05, 0.1) is 39.5 Å². The number of thiocarbonyl (C=S) groups is 1. The second-order valence-electron chi connectivity index (χ2n) is 7.19. The second kappa shape index (κ2) is 10.9. The Morgan fingerprint density at radius 2 is 2.14 bits per heavy atom. The first-order valence-electron chi connectivity index (χ1n) is 9.51. The standard InChI is InChI=1S/C21H28IN5S/c1-15(16(2)27-12-6-9-19(24)14-27)21(25-22)26(3)20(28)11-10-17-7-4-5-8-18(17)13-23/h4-5,7-8,19H,6,9-12,14,24H2,1-3H3/b16-15+,25-21?/t19-/m1/s1. The summed E-state index contributed by atoms with van der Waals surface area (Å²) >= 11 is 7.72. The molecule has 28 heavy (non-hydrogen) atoms. The summed E-state index contributed by atoms with van der Waals surface area (Å²) in [6, 6.07) is 10.2. The molecule has 0 aromatic heterocycles. The van der Waals surface area contributed by atoms with Crippen LogP contribution < -0.4 is 5.73 Å². The van der Waals surface area contributed by atoms with Crippen LogP contribution in [0, 0.1) is 11.3 Å². The molecule has 2 rings (SSSR count). The van der Waals surface area contributed by atoms with Crippen LogP contribution in [0.5, 0.6) is 0 Å². The van der Waals surface area contributed by atoms with E-state index in [0.29, 0.717) is 12.0 Å². The Hall–Kier alpha value is -1.50. The zero-order valence-electron chi connectivity index (χ0n) is 16.8. The van der Waals surface area contributed by atoms with Gasteiger partial charge in [0.15, 0.2) is 0 Å². The van der Waals surface area contributed by atoms with Crippen LogP contribution in [0.4, 0.5) is 0 Å². The molecule has 1 aromatic rings. The van der Waals surface area contributed by atoms with Crippen molar-refractivity contribution in [1.29, 1.82) is 5.26 Å². The first-order valence-corrected chi connectivity index (χ1v) is 10.9. The third kappa shape index (κ3) is 5.75. The predicted octanol–water partition coefficient (Wildman–Crippen LogP) is 4.22. The van der Waals surface area contributed by atoms with Gasteiger partial charge in [-0.3, -0.25) is 0 Å². The van der Waals surface area contributed by atoms with Gasteiger partial charge >= 0.3 is 0 Å². The molecule has 0 saturated carbocycles. The van der Waals surface area contributed by atoms with E-state index >= 15 is 0 Å². The number of nitrogens with zero attached hydrogens (tertiary/aromatic N) is 4. The molecule has 0 aliphatic carbocycles. The van der Waals surface area contributed by atoms with Crippen molar-refractivity contribution in [2.24, 2.45) is 8.94 Å². The fourth-order valence-electron chi connectivity index (χ4n) is 3.46. The topological polar surface area (TPSA) is 68.7 Å². The lowest BCUT2D eigenvalue weighted by Crippen LogP contribution is -2.43. The maximum absolute atomic E-state index is 9.26. The largest absolute Gasteiger partial charge is 0.373 e. The Morgan fingerprint density at radius 3 is 2.79 bits per heavy atom. The molecule has 150 valence electrons. The molecule has 0 spiro atoms. The zero-order chi connectivity index (χ0) is 20.7. The molecule has 5 nitrogen and oxygen atoms in total. The minimum atomic E-state index is 0.232. The third-order valence-corrected chi connectivity index (χ3v) is 6.26. The SMILES string of the molecule is C/C(C(=NI)N(C)C(=S)CCc1ccccc1C#N)=C(/C)N1CCC[C@@H](N)C1. The van der Waals surface area contributed by atoms with E-state index in [1.54, 1.807) is 0 Å². The number of halogens is 1. The van der Waals surface area contributed by atoms with Crippen molar-refractivity contribution >= 4 is 45.9 Å². The molecule has 7 heteroatoms. The summed E-state index contributed by atoms with van der Waals surface area (Å²) in [6.45, 7) is 6.15. The molecular weight excluding hydrogens is 481 g/mol. The number of rotatable bonds is 5. The normalized spacial score (nSPS) is 18.4. The van der Waals surface area contributed by atoms with E-state index in [9.17, 15) is 5.26 Å². The van der Waals surface area contributed by atoms with Crippen LogP contribution >= 0.6 is 35.1 Å². The highest BCUT2D eigenvalue weighted by molar-refractivity contribution is 14.1. The van der Waals surface area contributed by atoms with Crippen molar-refractivity contribution in [3.63, 3.8) is 0 Å². The van der Waals surface area contributed by atoms with Gasteiger partial charge in [-0.05, 0) is 44.7 Å². The number of amidine groups is 1. The summed E-state index contributed by atoms with van der Waals surface area (Å²) < 4.78 is 4.49. The average molecular weight is 509 g/mol. The molecule has 1 fully saturated rings. The molecule has 0 unspecified atom stereocenters. The molecule has 1 aliphatic rings. The molecule has 0 amide bonds. The maximum atomic E-state index is 9.26. The van der Waals surface area contributed by atoms with Gasteiger partial charge < -0.3 is 15.5 Å². The van der Waals surface area contributed by atoms with Gasteiger partial charge in [-0.15, -0.1) is 0 Å². The van der Waals surface area contributed by atoms with E-state index in [0.717, 1.165) is 54.3 Å². The second-order valence-corrected chi connectivity index (χ2v) is 8.14. The number of nitriles is 1. The summed E-state index contributed by atoms with van der Waals surface area (Å²) in [5.41, 5.74) is 10.2. The fraction of sp³-hybridized carbons (Fsp3) is 0.476. The number of aryl methyl sites for hydroxylation is 1. The van der Waals surface area contributed by atoms with Gasteiger partial charge in [0.2, 0.25) is 0 Å². The highest BCUT2D eigenvalue weighted by Crippen LogP contribution is 2.20.